The summed E-state index contributed by atoms with van der Waals surface area (Å²) >= 11 is 0. The van der Waals surface area contributed by atoms with Crippen molar-refractivity contribution < 1.29 is 14.9 Å². The Labute approximate surface area is 96.7 Å². The molecule has 0 aliphatic carbocycles. The van der Waals surface area contributed by atoms with Crippen LogP contribution >= 0.6 is 0 Å². The maximum atomic E-state index is 10.0. The van der Waals surface area contributed by atoms with Crippen LogP contribution in [0.15, 0.2) is 12.1 Å². The predicted octanol–water partition coefficient (Wildman–Crippen LogP) is 2.12. The van der Waals surface area contributed by atoms with E-state index in [1.807, 2.05) is 26.0 Å². The summed E-state index contributed by atoms with van der Waals surface area (Å²) in [5.41, 5.74) is 3.01. The molecular weight excluding hydrogens is 204 g/mol. The van der Waals surface area contributed by atoms with Gasteiger partial charge in [-0.3, -0.25) is 0 Å². The lowest BCUT2D eigenvalue weighted by Gasteiger charge is -2.17. The smallest absolute Gasteiger partial charge is 0.119 e. The Bertz CT molecular complexity index is 324. The maximum Gasteiger partial charge on any atom is 0.119 e. The third-order valence-corrected chi connectivity index (χ3v) is 2.77. The quantitative estimate of drug-likeness (QED) is 0.805. The van der Waals surface area contributed by atoms with Crippen molar-refractivity contribution in [3.8, 4) is 5.75 Å². The fourth-order valence-electron chi connectivity index (χ4n) is 2.01. The average Bonchev–Trinajstić information content (AvgIpc) is 2.25. The fraction of sp³-hybridized carbons (Fsp3) is 0.538. The van der Waals surface area contributed by atoms with Gasteiger partial charge in [0.15, 0.2) is 0 Å². The number of aryl methyl sites for hydroxylation is 2. The van der Waals surface area contributed by atoms with Crippen molar-refractivity contribution in [3.63, 3.8) is 0 Å². The van der Waals surface area contributed by atoms with E-state index in [9.17, 15) is 5.11 Å². The highest BCUT2D eigenvalue weighted by molar-refractivity contribution is 5.42. The summed E-state index contributed by atoms with van der Waals surface area (Å²) in [5.74, 6) is 0.813. The van der Waals surface area contributed by atoms with Gasteiger partial charge in [-0.05, 0) is 55.5 Å². The first-order valence-electron chi connectivity index (χ1n) is 5.54. The second kappa shape index (κ2) is 5.87. The number of ether oxygens (including phenoxy) is 1. The number of rotatable bonds is 5. The van der Waals surface area contributed by atoms with E-state index >= 15 is 0 Å². The third kappa shape index (κ3) is 2.97. The van der Waals surface area contributed by atoms with Gasteiger partial charge >= 0.3 is 0 Å². The van der Waals surface area contributed by atoms with Gasteiger partial charge in [-0.2, -0.15) is 0 Å². The molecule has 1 aromatic carbocycles. The zero-order valence-corrected chi connectivity index (χ0v) is 10.2. The minimum absolute atomic E-state index is 0.116. The molecule has 1 rings (SSSR count). The first-order chi connectivity index (χ1) is 7.60. The zero-order chi connectivity index (χ0) is 12.1. The molecule has 0 heterocycles. The molecule has 2 N–H and O–H groups in total. The number of methoxy groups -OCH3 is 1. The highest BCUT2D eigenvalue weighted by atomic mass is 16.5. The molecule has 1 unspecified atom stereocenters. The van der Waals surface area contributed by atoms with Crippen LogP contribution in [0.3, 0.4) is 0 Å². The molecule has 0 saturated carbocycles. The van der Waals surface area contributed by atoms with Crippen LogP contribution in [0.5, 0.6) is 5.75 Å². The maximum absolute atomic E-state index is 10.0. The Morgan fingerprint density at radius 1 is 1.25 bits per heavy atom. The van der Waals surface area contributed by atoms with Crippen molar-refractivity contribution >= 4 is 0 Å². The van der Waals surface area contributed by atoms with Gasteiger partial charge in [0.05, 0.1) is 13.2 Å². The van der Waals surface area contributed by atoms with E-state index in [1.165, 1.54) is 0 Å². The van der Waals surface area contributed by atoms with Crippen LogP contribution in [0.25, 0.3) is 0 Å². The molecule has 0 spiro atoms. The zero-order valence-electron chi connectivity index (χ0n) is 10.2. The summed E-state index contributed by atoms with van der Waals surface area (Å²) in [7, 11) is 1.63. The molecular formula is C13H20O3. The molecule has 0 radical (unpaired) electrons. The van der Waals surface area contributed by atoms with Crippen LogP contribution in [-0.4, -0.2) is 23.9 Å². The van der Waals surface area contributed by atoms with Gasteiger partial charge < -0.3 is 14.9 Å². The summed E-state index contributed by atoms with van der Waals surface area (Å²) < 4.78 is 5.17. The Morgan fingerprint density at radius 2 is 1.81 bits per heavy atom. The Hall–Kier alpha value is -1.06. The van der Waals surface area contributed by atoms with Gasteiger partial charge in [-0.1, -0.05) is 0 Å². The lowest BCUT2D eigenvalue weighted by atomic mass is 9.95. The predicted molar refractivity (Wildman–Crippen MR) is 63.7 cm³/mol. The fourth-order valence-corrected chi connectivity index (χ4v) is 2.01. The number of aliphatic hydroxyl groups is 2. The highest BCUT2D eigenvalue weighted by Crippen LogP contribution is 2.29. The average molecular weight is 224 g/mol. The van der Waals surface area contributed by atoms with E-state index in [0.717, 1.165) is 22.4 Å². The normalized spacial score (nSPS) is 12.6. The number of benzene rings is 1. The van der Waals surface area contributed by atoms with Crippen molar-refractivity contribution in [2.75, 3.05) is 13.7 Å². The summed E-state index contributed by atoms with van der Waals surface area (Å²) in [4.78, 5) is 0. The molecule has 0 aliphatic rings. The summed E-state index contributed by atoms with van der Waals surface area (Å²) in [6.07, 6.45) is 0.703. The largest absolute Gasteiger partial charge is 0.497 e. The van der Waals surface area contributed by atoms with Crippen LogP contribution in [0.4, 0.5) is 0 Å². The molecule has 1 aromatic rings. The van der Waals surface area contributed by atoms with Gasteiger partial charge in [-0.15, -0.1) is 0 Å². The summed E-state index contributed by atoms with van der Waals surface area (Å²) in [5, 5.41) is 18.8. The van der Waals surface area contributed by atoms with E-state index in [1.54, 1.807) is 7.11 Å². The summed E-state index contributed by atoms with van der Waals surface area (Å²) in [6, 6.07) is 3.84. The number of aliphatic hydroxyl groups excluding tert-OH is 2. The second-order valence-electron chi connectivity index (χ2n) is 4.06. The van der Waals surface area contributed by atoms with Crippen molar-refractivity contribution in [2.24, 2.45) is 0 Å². The summed E-state index contributed by atoms with van der Waals surface area (Å²) in [6.45, 7) is 4.05. The minimum atomic E-state index is -0.502. The van der Waals surface area contributed by atoms with Gasteiger partial charge in [0.1, 0.15) is 5.75 Å². The lowest BCUT2D eigenvalue weighted by molar-refractivity contribution is 0.150. The molecule has 0 fully saturated rings. The van der Waals surface area contributed by atoms with E-state index in [2.05, 4.69) is 0 Å². The lowest BCUT2D eigenvalue weighted by Crippen LogP contribution is -2.04. The minimum Gasteiger partial charge on any atom is -0.497 e. The van der Waals surface area contributed by atoms with Crippen molar-refractivity contribution in [3.05, 3.63) is 28.8 Å². The highest BCUT2D eigenvalue weighted by Gasteiger charge is 2.14. The molecule has 0 amide bonds. The number of hydrogen-bond donors (Lipinski definition) is 2. The van der Waals surface area contributed by atoms with Crippen LogP contribution < -0.4 is 4.74 Å². The molecule has 0 saturated heterocycles. The van der Waals surface area contributed by atoms with Crippen molar-refractivity contribution in [2.45, 2.75) is 32.8 Å². The van der Waals surface area contributed by atoms with Gasteiger partial charge in [0, 0.05) is 6.61 Å². The van der Waals surface area contributed by atoms with Crippen LogP contribution in [-0.2, 0) is 0 Å². The molecule has 90 valence electrons. The van der Waals surface area contributed by atoms with Crippen molar-refractivity contribution in [1.82, 2.24) is 0 Å². The Morgan fingerprint density at radius 3 is 2.25 bits per heavy atom. The SMILES string of the molecule is COc1cc(C)c(C(O)CCCO)c(C)c1. The molecule has 1 atom stereocenters. The number of hydrogen-bond acceptors (Lipinski definition) is 3. The van der Waals surface area contributed by atoms with Gasteiger partial charge in [-0.25, -0.2) is 0 Å². The molecule has 0 aromatic heterocycles. The first kappa shape index (κ1) is 13.0. The van der Waals surface area contributed by atoms with Crippen molar-refractivity contribution in [1.29, 1.82) is 0 Å². The van der Waals surface area contributed by atoms with Crippen LogP contribution in [0.2, 0.25) is 0 Å². The molecule has 3 heteroatoms. The van der Waals surface area contributed by atoms with Gasteiger partial charge in [0.2, 0.25) is 0 Å². The topological polar surface area (TPSA) is 49.7 Å². The van der Waals surface area contributed by atoms with E-state index in [-0.39, 0.29) is 6.61 Å². The standard InChI is InChI=1S/C13H20O3/c1-9-7-11(16-3)8-10(2)13(9)12(15)5-4-6-14/h7-8,12,14-15H,4-6H2,1-3H3. The van der Waals surface area contributed by atoms with E-state index in [4.69, 9.17) is 9.84 Å². The third-order valence-electron chi connectivity index (χ3n) is 2.77. The van der Waals surface area contributed by atoms with E-state index in [0.29, 0.717) is 12.8 Å². The second-order valence-corrected chi connectivity index (χ2v) is 4.06. The monoisotopic (exact) mass is 224 g/mol. The molecule has 3 nitrogen and oxygen atoms in total. The van der Waals surface area contributed by atoms with Gasteiger partial charge in [0.25, 0.3) is 0 Å². The molecule has 16 heavy (non-hydrogen) atoms. The molecule has 0 bridgehead atoms. The first-order valence-corrected chi connectivity index (χ1v) is 5.54. The van der Waals surface area contributed by atoms with Crippen LogP contribution in [0.1, 0.15) is 35.6 Å². The van der Waals surface area contributed by atoms with E-state index < -0.39 is 6.10 Å². The van der Waals surface area contributed by atoms with Crippen LogP contribution in [0, 0.1) is 13.8 Å². The molecule has 0 aliphatic heterocycles. The Balaban J connectivity index is 2.95. The Kier molecular flexibility index (Phi) is 4.77.